The Morgan fingerprint density at radius 2 is 1.85 bits per heavy atom. The molecule has 146 valence electrons. The second-order valence-electron chi connectivity index (χ2n) is 6.63. The van der Waals surface area contributed by atoms with Gasteiger partial charge in [0.2, 0.25) is 15.9 Å². The average molecular weight is 382 g/mol. The lowest BCUT2D eigenvalue weighted by Gasteiger charge is -2.20. The number of hydrogen-bond acceptors (Lipinski definition) is 4. The van der Waals surface area contributed by atoms with E-state index in [0.717, 1.165) is 36.9 Å². The van der Waals surface area contributed by atoms with Gasteiger partial charge < -0.3 is 10.6 Å². The van der Waals surface area contributed by atoms with Crippen molar-refractivity contribution in [2.75, 3.05) is 31.1 Å². The molecule has 1 aromatic carbocycles. The largest absolute Gasteiger partial charge is 0.330 e. The lowest BCUT2D eigenvalue weighted by Crippen LogP contribution is -2.30. The first-order valence-electron chi connectivity index (χ1n) is 9.59. The quantitative estimate of drug-likeness (QED) is 0.631. The Balaban J connectivity index is 2.07. The first kappa shape index (κ1) is 20.9. The molecule has 1 amide bonds. The third kappa shape index (κ3) is 4.64. The summed E-state index contributed by atoms with van der Waals surface area (Å²) in [6, 6.07) is 5.14. The highest BCUT2D eigenvalue weighted by Gasteiger charge is 2.28. The second-order valence-corrected chi connectivity index (χ2v) is 8.57. The van der Waals surface area contributed by atoms with Gasteiger partial charge in [0.25, 0.3) is 0 Å². The van der Waals surface area contributed by atoms with Crippen LogP contribution in [0, 0.1) is 0 Å². The molecular formula is C19H31N3O3S. The van der Waals surface area contributed by atoms with Gasteiger partial charge in [0.05, 0.1) is 4.90 Å². The number of nitrogens with two attached hydrogens (primary N) is 1. The molecule has 6 nitrogen and oxygen atoms in total. The summed E-state index contributed by atoms with van der Waals surface area (Å²) in [5.41, 5.74) is 7.28. The van der Waals surface area contributed by atoms with Gasteiger partial charge in [0.1, 0.15) is 0 Å². The highest BCUT2D eigenvalue weighted by atomic mass is 32.2. The molecule has 1 aliphatic heterocycles. The molecular weight excluding hydrogens is 350 g/mol. The zero-order valence-electron chi connectivity index (χ0n) is 15.9. The Morgan fingerprint density at radius 1 is 1.15 bits per heavy atom. The summed E-state index contributed by atoms with van der Waals surface area (Å²) < 4.78 is 26.8. The number of sulfonamides is 1. The van der Waals surface area contributed by atoms with E-state index in [9.17, 15) is 13.2 Å². The van der Waals surface area contributed by atoms with Crippen molar-refractivity contribution in [2.24, 2.45) is 5.73 Å². The first-order valence-corrected chi connectivity index (χ1v) is 11.0. The molecule has 0 saturated carbocycles. The standard InChI is InChI=1S/C19H31N3O3S/c1-3-21(4-2)26(24,25)17-10-11-18-16(15-17)12-14-22(18)19(23)9-7-5-6-8-13-20/h10-11,15H,3-9,12-14,20H2,1-2H3. The fourth-order valence-corrected chi connectivity index (χ4v) is 4.93. The summed E-state index contributed by atoms with van der Waals surface area (Å²) in [6.07, 6.45) is 5.20. The molecule has 0 bridgehead atoms. The van der Waals surface area contributed by atoms with Gasteiger partial charge in [-0.25, -0.2) is 8.42 Å². The number of fused-ring (bicyclic) bond motifs is 1. The van der Waals surface area contributed by atoms with Crippen LogP contribution in [0.5, 0.6) is 0 Å². The minimum absolute atomic E-state index is 0.121. The lowest BCUT2D eigenvalue weighted by molar-refractivity contribution is -0.118. The van der Waals surface area contributed by atoms with E-state index in [0.29, 0.717) is 43.9 Å². The molecule has 0 aliphatic carbocycles. The minimum atomic E-state index is -3.46. The van der Waals surface area contributed by atoms with E-state index >= 15 is 0 Å². The monoisotopic (exact) mass is 381 g/mol. The average Bonchev–Trinajstić information content (AvgIpc) is 3.05. The maximum atomic E-state index is 12.7. The van der Waals surface area contributed by atoms with Gasteiger partial charge in [0.15, 0.2) is 0 Å². The third-order valence-electron chi connectivity index (χ3n) is 4.94. The Labute approximate surface area is 157 Å². The van der Waals surface area contributed by atoms with Gasteiger partial charge in [-0.2, -0.15) is 4.31 Å². The Morgan fingerprint density at radius 3 is 2.50 bits per heavy atom. The van der Waals surface area contributed by atoms with Crippen molar-refractivity contribution < 1.29 is 13.2 Å². The van der Waals surface area contributed by atoms with E-state index in [2.05, 4.69) is 0 Å². The topological polar surface area (TPSA) is 83.7 Å². The molecule has 0 spiro atoms. The molecule has 1 heterocycles. The summed E-state index contributed by atoms with van der Waals surface area (Å²) >= 11 is 0. The van der Waals surface area contributed by atoms with Gasteiger partial charge in [-0.05, 0) is 49.6 Å². The minimum Gasteiger partial charge on any atom is -0.330 e. The molecule has 1 aliphatic rings. The number of rotatable bonds is 10. The van der Waals surface area contributed by atoms with Crippen LogP contribution >= 0.6 is 0 Å². The van der Waals surface area contributed by atoms with Crippen molar-refractivity contribution >= 4 is 21.6 Å². The SMILES string of the molecule is CCN(CC)S(=O)(=O)c1ccc2c(c1)CCN2C(=O)CCCCCCN. The van der Waals surface area contributed by atoms with E-state index in [-0.39, 0.29) is 5.91 Å². The highest BCUT2D eigenvalue weighted by molar-refractivity contribution is 7.89. The molecule has 0 atom stereocenters. The van der Waals surface area contributed by atoms with E-state index < -0.39 is 10.0 Å². The molecule has 26 heavy (non-hydrogen) atoms. The number of benzene rings is 1. The Bertz CT molecular complexity index is 715. The summed E-state index contributed by atoms with van der Waals surface area (Å²) in [5, 5.41) is 0. The highest BCUT2D eigenvalue weighted by Crippen LogP contribution is 2.31. The van der Waals surface area contributed by atoms with Gasteiger partial charge in [-0.15, -0.1) is 0 Å². The van der Waals surface area contributed by atoms with Crippen LogP contribution in [0.25, 0.3) is 0 Å². The van der Waals surface area contributed by atoms with E-state index in [1.807, 2.05) is 13.8 Å². The molecule has 7 heteroatoms. The molecule has 0 saturated heterocycles. The van der Waals surface area contributed by atoms with Crippen LogP contribution < -0.4 is 10.6 Å². The molecule has 0 unspecified atom stereocenters. The number of unbranched alkanes of at least 4 members (excludes halogenated alkanes) is 3. The maximum absolute atomic E-state index is 12.7. The third-order valence-corrected chi connectivity index (χ3v) is 6.98. The van der Waals surface area contributed by atoms with Crippen LogP contribution in [-0.4, -0.2) is 44.8 Å². The van der Waals surface area contributed by atoms with Gasteiger partial charge in [-0.1, -0.05) is 26.7 Å². The number of amides is 1. The summed E-state index contributed by atoms with van der Waals surface area (Å²) in [7, 11) is -3.46. The zero-order valence-corrected chi connectivity index (χ0v) is 16.7. The predicted octanol–water partition coefficient (Wildman–Crippen LogP) is 2.52. The van der Waals surface area contributed by atoms with Crippen LogP contribution in [0.2, 0.25) is 0 Å². The summed E-state index contributed by atoms with van der Waals surface area (Å²) in [4.78, 5) is 14.6. The fourth-order valence-electron chi connectivity index (χ4n) is 3.42. The van der Waals surface area contributed by atoms with Crippen molar-refractivity contribution in [3.63, 3.8) is 0 Å². The van der Waals surface area contributed by atoms with Gasteiger partial charge in [-0.3, -0.25) is 4.79 Å². The molecule has 2 N–H and O–H groups in total. The Hall–Kier alpha value is -1.44. The van der Waals surface area contributed by atoms with Crippen LogP contribution in [0.1, 0.15) is 51.5 Å². The number of anilines is 1. The van der Waals surface area contributed by atoms with Crippen molar-refractivity contribution in [3.05, 3.63) is 23.8 Å². The summed E-state index contributed by atoms with van der Waals surface area (Å²) in [5.74, 6) is 0.121. The Kier molecular flexibility index (Phi) is 7.61. The predicted molar refractivity (Wildman–Crippen MR) is 105 cm³/mol. The molecule has 1 aromatic rings. The van der Waals surface area contributed by atoms with Gasteiger partial charge in [0, 0.05) is 31.7 Å². The van der Waals surface area contributed by atoms with Crippen molar-refractivity contribution in [1.29, 1.82) is 0 Å². The van der Waals surface area contributed by atoms with E-state index in [1.165, 1.54) is 4.31 Å². The molecule has 0 radical (unpaired) electrons. The van der Waals surface area contributed by atoms with Crippen LogP contribution in [-0.2, 0) is 21.2 Å². The lowest BCUT2D eigenvalue weighted by atomic mass is 10.1. The normalized spacial score (nSPS) is 14.1. The number of carbonyl (C=O) groups is 1. The molecule has 0 fully saturated rings. The van der Waals surface area contributed by atoms with Crippen LogP contribution in [0.15, 0.2) is 23.1 Å². The zero-order chi connectivity index (χ0) is 19.2. The van der Waals surface area contributed by atoms with Gasteiger partial charge >= 0.3 is 0 Å². The fraction of sp³-hybridized carbons (Fsp3) is 0.632. The van der Waals surface area contributed by atoms with E-state index in [1.54, 1.807) is 23.1 Å². The first-order chi connectivity index (χ1) is 12.5. The smallest absolute Gasteiger partial charge is 0.243 e. The number of hydrogen-bond donors (Lipinski definition) is 1. The van der Waals surface area contributed by atoms with Crippen molar-refractivity contribution in [3.8, 4) is 0 Å². The maximum Gasteiger partial charge on any atom is 0.243 e. The molecule has 2 rings (SSSR count). The van der Waals surface area contributed by atoms with Crippen molar-refractivity contribution in [1.82, 2.24) is 4.31 Å². The number of nitrogens with zero attached hydrogens (tertiary/aromatic N) is 2. The van der Waals surface area contributed by atoms with Crippen LogP contribution in [0.4, 0.5) is 5.69 Å². The van der Waals surface area contributed by atoms with Crippen molar-refractivity contribution in [2.45, 2.75) is 57.3 Å². The molecule has 0 aromatic heterocycles. The summed E-state index contributed by atoms with van der Waals surface area (Å²) in [6.45, 7) is 5.90. The van der Waals surface area contributed by atoms with Crippen LogP contribution in [0.3, 0.4) is 0 Å². The van der Waals surface area contributed by atoms with E-state index in [4.69, 9.17) is 5.73 Å². The number of carbonyl (C=O) groups excluding carboxylic acids is 1. The second kappa shape index (κ2) is 9.48.